The lowest BCUT2D eigenvalue weighted by atomic mass is 9.95. The summed E-state index contributed by atoms with van der Waals surface area (Å²) in [5.41, 5.74) is -1.62. The smallest absolute Gasteiger partial charge is 0.351 e. The van der Waals surface area contributed by atoms with E-state index in [1.807, 2.05) is 0 Å². The van der Waals surface area contributed by atoms with Gasteiger partial charge in [-0.05, 0) is 12.0 Å². The summed E-state index contributed by atoms with van der Waals surface area (Å²) >= 11 is 0. The SMILES string of the molecule is O=C1C=CC(=O)N1C(CCc1ccccc1)(C(=O)O)N1C(=O)CCC1=O. The Kier molecular flexibility index (Phi) is 4.41. The number of carboxylic acid groups (broad SMARTS) is 1. The van der Waals surface area contributed by atoms with Crippen molar-refractivity contribution in [3.05, 3.63) is 48.0 Å². The summed E-state index contributed by atoms with van der Waals surface area (Å²) in [4.78, 5) is 62.4. The third kappa shape index (κ3) is 2.69. The molecular formula is C18H16N2O6. The van der Waals surface area contributed by atoms with Crippen LogP contribution >= 0.6 is 0 Å². The highest BCUT2D eigenvalue weighted by Crippen LogP contribution is 2.34. The number of aryl methyl sites for hydroxylation is 1. The van der Waals surface area contributed by atoms with Crippen LogP contribution in [0.1, 0.15) is 24.8 Å². The zero-order valence-electron chi connectivity index (χ0n) is 13.8. The quantitative estimate of drug-likeness (QED) is 0.742. The molecule has 2 aliphatic rings. The highest BCUT2D eigenvalue weighted by Gasteiger charge is 2.59. The number of amides is 4. The monoisotopic (exact) mass is 356 g/mol. The largest absolute Gasteiger partial charge is 0.478 e. The molecule has 1 saturated heterocycles. The van der Waals surface area contributed by atoms with E-state index in [0.29, 0.717) is 9.80 Å². The van der Waals surface area contributed by atoms with Gasteiger partial charge in [-0.1, -0.05) is 30.3 Å². The van der Waals surface area contributed by atoms with Gasteiger partial charge in [0.05, 0.1) is 0 Å². The van der Waals surface area contributed by atoms with Gasteiger partial charge in [-0.2, -0.15) is 0 Å². The zero-order chi connectivity index (χ0) is 18.9. The molecule has 26 heavy (non-hydrogen) atoms. The Balaban J connectivity index is 2.08. The second-order valence-corrected chi connectivity index (χ2v) is 6.08. The lowest BCUT2D eigenvalue weighted by Gasteiger charge is -2.42. The Morgan fingerprint density at radius 1 is 0.923 bits per heavy atom. The maximum Gasteiger partial charge on any atom is 0.351 e. The van der Waals surface area contributed by atoms with Crippen LogP contribution in [-0.2, 0) is 30.4 Å². The molecule has 0 saturated carbocycles. The van der Waals surface area contributed by atoms with Gasteiger partial charge in [0.2, 0.25) is 17.5 Å². The Bertz CT molecular complexity index is 793. The van der Waals surface area contributed by atoms with Crippen molar-refractivity contribution in [1.82, 2.24) is 9.80 Å². The second kappa shape index (κ2) is 6.55. The Hall–Kier alpha value is -3.29. The van der Waals surface area contributed by atoms with Gasteiger partial charge in [-0.15, -0.1) is 0 Å². The van der Waals surface area contributed by atoms with Crippen molar-refractivity contribution in [1.29, 1.82) is 0 Å². The third-order valence-corrected chi connectivity index (χ3v) is 4.55. The highest BCUT2D eigenvalue weighted by molar-refractivity contribution is 6.17. The van der Waals surface area contributed by atoms with Gasteiger partial charge in [-0.3, -0.25) is 19.2 Å². The molecule has 134 valence electrons. The molecular weight excluding hydrogens is 340 g/mol. The number of carboxylic acids is 1. The molecule has 0 aliphatic carbocycles. The average Bonchev–Trinajstić information content (AvgIpc) is 3.13. The van der Waals surface area contributed by atoms with Crippen molar-refractivity contribution in [2.75, 3.05) is 0 Å². The number of aliphatic carboxylic acids is 1. The van der Waals surface area contributed by atoms with Crippen LogP contribution in [-0.4, -0.2) is 50.2 Å². The fourth-order valence-corrected chi connectivity index (χ4v) is 3.34. The number of imide groups is 2. The summed E-state index contributed by atoms with van der Waals surface area (Å²) in [6.07, 6.45) is 1.44. The first kappa shape index (κ1) is 17.5. The average molecular weight is 356 g/mol. The number of hydrogen-bond donors (Lipinski definition) is 1. The number of benzene rings is 1. The van der Waals surface area contributed by atoms with E-state index < -0.39 is 35.3 Å². The summed E-state index contributed by atoms with van der Waals surface area (Å²) in [6, 6.07) is 8.83. The molecule has 8 heteroatoms. The second-order valence-electron chi connectivity index (χ2n) is 6.08. The first-order valence-electron chi connectivity index (χ1n) is 8.07. The molecule has 1 aromatic rings. The molecule has 2 aliphatic heterocycles. The predicted molar refractivity (Wildman–Crippen MR) is 87.2 cm³/mol. The first-order chi connectivity index (χ1) is 12.4. The molecule has 1 unspecified atom stereocenters. The number of carbonyl (C=O) groups is 5. The van der Waals surface area contributed by atoms with Crippen molar-refractivity contribution in [2.24, 2.45) is 0 Å². The molecule has 2 heterocycles. The van der Waals surface area contributed by atoms with Gasteiger partial charge in [0.15, 0.2) is 0 Å². The van der Waals surface area contributed by atoms with Gasteiger partial charge >= 0.3 is 5.97 Å². The van der Waals surface area contributed by atoms with Crippen LogP contribution in [0.15, 0.2) is 42.5 Å². The molecule has 1 aromatic carbocycles. The zero-order valence-corrected chi connectivity index (χ0v) is 13.8. The Morgan fingerprint density at radius 2 is 1.46 bits per heavy atom. The van der Waals surface area contributed by atoms with Crippen molar-refractivity contribution in [3.8, 4) is 0 Å². The third-order valence-electron chi connectivity index (χ3n) is 4.55. The van der Waals surface area contributed by atoms with Crippen LogP contribution in [0.2, 0.25) is 0 Å². The highest BCUT2D eigenvalue weighted by atomic mass is 16.4. The first-order valence-corrected chi connectivity index (χ1v) is 8.07. The van der Waals surface area contributed by atoms with E-state index in [1.165, 1.54) is 0 Å². The number of hydrogen-bond acceptors (Lipinski definition) is 5. The van der Waals surface area contributed by atoms with Gasteiger partial charge in [0.25, 0.3) is 11.8 Å². The molecule has 3 rings (SSSR count). The molecule has 4 amide bonds. The van der Waals surface area contributed by atoms with E-state index >= 15 is 0 Å². The molecule has 0 spiro atoms. The predicted octanol–water partition coefficient (Wildman–Crippen LogP) is 0.474. The molecule has 0 aromatic heterocycles. The maximum absolute atomic E-state index is 12.3. The van der Waals surface area contributed by atoms with Gasteiger partial charge < -0.3 is 5.11 Å². The number of nitrogens with zero attached hydrogens (tertiary/aromatic N) is 2. The van der Waals surface area contributed by atoms with E-state index in [2.05, 4.69) is 0 Å². The molecule has 0 bridgehead atoms. The van der Waals surface area contributed by atoms with E-state index in [4.69, 9.17) is 0 Å². The minimum Gasteiger partial charge on any atom is -0.478 e. The maximum atomic E-state index is 12.3. The molecule has 1 N–H and O–H groups in total. The van der Waals surface area contributed by atoms with Crippen molar-refractivity contribution < 1.29 is 29.1 Å². The van der Waals surface area contributed by atoms with Crippen LogP contribution in [0, 0.1) is 0 Å². The number of rotatable bonds is 6. The lowest BCUT2D eigenvalue weighted by Crippen LogP contribution is -2.68. The van der Waals surface area contributed by atoms with E-state index in [-0.39, 0.29) is 25.7 Å². The number of carbonyl (C=O) groups excluding carboxylic acids is 4. The van der Waals surface area contributed by atoms with Crippen LogP contribution < -0.4 is 0 Å². The van der Waals surface area contributed by atoms with Crippen molar-refractivity contribution in [3.63, 3.8) is 0 Å². The number of likely N-dealkylation sites (tertiary alicyclic amines) is 1. The van der Waals surface area contributed by atoms with Gasteiger partial charge in [0.1, 0.15) is 0 Å². The molecule has 0 radical (unpaired) electrons. The molecule has 1 fully saturated rings. The summed E-state index contributed by atoms with van der Waals surface area (Å²) in [5, 5.41) is 9.97. The van der Waals surface area contributed by atoms with Gasteiger partial charge in [-0.25, -0.2) is 14.6 Å². The van der Waals surface area contributed by atoms with Gasteiger partial charge in [0, 0.05) is 31.4 Å². The molecule has 1 atom stereocenters. The van der Waals surface area contributed by atoms with E-state index in [1.54, 1.807) is 30.3 Å². The summed E-state index contributed by atoms with van der Waals surface area (Å²) < 4.78 is 0. The minimum atomic E-state index is -2.38. The molecule has 8 nitrogen and oxygen atoms in total. The Morgan fingerprint density at radius 3 is 1.96 bits per heavy atom. The van der Waals surface area contributed by atoms with Crippen LogP contribution in [0.4, 0.5) is 0 Å². The minimum absolute atomic E-state index is 0.150. The standard InChI is InChI=1S/C18H16N2O6/c21-13-6-7-14(22)19(13)18(17(25)26,20-15(23)8-9-16(20)24)11-10-12-4-2-1-3-5-12/h1-7H,8-11H2,(H,25,26). The summed E-state index contributed by atoms with van der Waals surface area (Å²) in [5.74, 6) is -4.74. The topological polar surface area (TPSA) is 112 Å². The van der Waals surface area contributed by atoms with Crippen LogP contribution in [0.3, 0.4) is 0 Å². The lowest BCUT2D eigenvalue weighted by molar-refractivity contribution is -0.183. The summed E-state index contributed by atoms with van der Waals surface area (Å²) in [6.45, 7) is 0. The fraction of sp³-hybridized carbons (Fsp3) is 0.278. The summed E-state index contributed by atoms with van der Waals surface area (Å²) in [7, 11) is 0. The van der Waals surface area contributed by atoms with E-state index in [9.17, 15) is 29.1 Å². The fourth-order valence-electron chi connectivity index (χ4n) is 3.34. The normalized spacial score (nSPS) is 19.4. The van der Waals surface area contributed by atoms with Crippen molar-refractivity contribution >= 4 is 29.6 Å². The van der Waals surface area contributed by atoms with Crippen molar-refractivity contribution in [2.45, 2.75) is 31.3 Å². The van der Waals surface area contributed by atoms with Crippen LogP contribution in [0.25, 0.3) is 0 Å². The van der Waals surface area contributed by atoms with Crippen LogP contribution in [0.5, 0.6) is 0 Å². The Labute approximate surface area is 148 Å². The van der Waals surface area contributed by atoms with E-state index in [0.717, 1.165) is 17.7 Å².